The number of carbonyl (C=O) groups is 2. The molecule has 1 saturated heterocycles. The predicted octanol–water partition coefficient (Wildman–Crippen LogP) is 4.77. The minimum absolute atomic E-state index is 0.0591. The van der Waals surface area contributed by atoms with E-state index in [4.69, 9.17) is 12.2 Å². The normalized spacial score (nSPS) is 19.1. The molecule has 0 aromatic heterocycles. The molecule has 2 heterocycles. The third-order valence-electron chi connectivity index (χ3n) is 6.12. The molecule has 2 amide bonds. The van der Waals surface area contributed by atoms with Crippen LogP contribution in [-0.4, -0.2) is 29.5 Å². The number of nitrogens with zero attached hydrogens (tertiary/aromatic N) is 2. The number of nitrogens with one attached hydrogen (secondary N) is 1. The fourth-order valence-corrected chi connectivity index (χ4v) is 4.69. The average Bonchev–Trinajstić information content (AvgIpc) is 2.68. The second-order valence-electron chi connectivity index (χ2n) is 9.12. The number of hydrogen-bond acceptors (Lipinski definition) is 4. The molecule has 0 unspecified atom stereocenters. The lowest BCUT2D eigenvalue weighted by molar-refractivity contribution is -0.122. The Bertz CT molecular complexity index is 1220. The van der Waals surface area contributed by atoms with Gasteiger partial charge in [-0.3, -0.25) is 19.8 Å². The van der Waals surface area contributed by atoms with Crippen molar-refractivity contribution in [3.63, 3.8) is 0 Å². The molecule has 4 rings (SSSR count). The van der Waals surface area contributed by atoms with Crippen LogP contribution >= 0.6 is 12.2 Å². The minimum Gasteiger partial charge on any atom is -0.366 e. The molecule has 2 aliphatic heterocycles. The first-order chi connectivity index (χ1) is 15.0. The zero-order valence-electron chi connectivity index (χ0n) is 19.2. The van der Waals surface area contributed by atoms with Gasteiger partial charge in [-0.05, 0) is 99.4 Å². The first-order valence-electron chi connectivity index (χ1n) is 10.6. The van der Waals surface area contributed by atoms with Gasteiger partial charge in [0.1, 0.15) is 5.57 Å². The summed E-state index contributed by atoms with van der Waals surface area (Å²) in [6.07, 6.45) is 3.87. The van der Waals surface area contributed by atoms with E-state index >= 15 is 0 Å². The Hall–Kier alpha value is -3.25. The third-order valence-corrected chi connectivity index (χ3v) is 6.40. The average molecular weight is 446 g/mol. The molecule has 1 fully saturated rings. The van der Waals surface area contributed by atoms with Crippen LogP contribution in [0.25, 0.3) is 11.6 Å². The predicted molar refractivity (Wildman–Crippen MR) is 135 cm³/mol. The second kappa shape index (κ2) is 7.71. The molecule has 1 N–H and O–H groups in total. The number of likely N-dealkylation sites (N-methyl/N-ethyl adjacent to an activating group) is 1. The first kappa shape index (κ1) is 22.0. The lowest BCUT2D eigenvalue weighted by Crippen LogP contribution is -2.54. The monoisotopic (exact) mass is 445 g/mol. The van der Waals surface area contributed by atoms with E-state index in [-0.39, 0.29) is 16.2 Å². The number of carbonyl (C=O) groups excluding carboxylic acids is 2. The summed E-state index contributed by atoms with van der Waals surface area (Å²) in [5.41, 5.74) is 6.82. The SMILES string of the molecule is CC1=CC(C)(C)N(C)c2ccc(/C=C3\C(=O)NC(=S)N(c4cc(C)cc(C)c4)C3=O)cc21. The molecule has 0 bridgehead atoms. The van der Waals surface area contributed by atoms with Gasteiger partial charge in [-0.1, -0.05) is 18.2 Å². The molecule has 5 nitrogen and oxygen atoms in total. The van der Waals surface area contributed by atoms with Gasteiger partial charge in [-0.2, -0.15) is 0 Å². The van der Waals surface area contributed by atoms with Crippen LogP contribution in [0.5, 0.6) is 0 Å². The molecule has 0 spiro atoms. The lowest BCUT2D eigenvalue weighted by Gasteiger charge is -2.40. The van der Waals surface area contributed by atoms with Gasteiger partial charge in [0.2, 0.25) is 0 Å². The molecule has 2 aromatic rings. The van der Waals surface area contributed by atoms with E-state index in [0.717, 1.165) is 27.9 Å². The highest BCUT2D eigenvalue weighted by Crippen LogP contribution is 2.38. The fourth-order valence-electron chi connectivity index (χ4n) is 4.40. The van der Waals surface area contributed by atoms with Crippen LogP contribution in [0.3, 0.4) is 0 Å². The van der Waals surface area contributed by atoms with Crippen LogP contribution in [-0.2, 0) is 9.59 Å². The van der Waals surface area contributed by atoms with E-state index in [1.165, 1.54) is 10.5 Å². The zero-order valence-corrected chi connectivity index (χ0v) is 20.1. The fraction of sp³-hybridized carbons (Fsp3) is 0.269. The van der Waals surface area contributed by atoms with Crippen LogP contribution in [0.1, 0.15) is 43.0 Å². The largest absolute Gasteiger partial charge is 0.366 e. The summed E-state index contributed by atoms with van der Waals surface area (Å²) in [5, 5.41) is 2.76. The molecule has 0 radical (unpaired) electrons. The minimum atomic E-state index is -0.483. The Morgan fingerprint density at radius 2 is 1.66 bits per heavy atom. The quantitative estimate of drug-likeness (QED) is 0.411. The number of hydrogen-bond donors (Lipinski definition) is 1. The van der Waals surface area contributed by atoms with Gasteiger partial charge in [-0.15, -0.1) is 0 Å². The molecule has 32 heavy (non-hydrogen) atoms. The maximum atomic E-state index is 13.4. The van der Waals surface area contributed by atoms with Crippen molar-refractivity contribution in [2.45, 2.75) is 40.2 Å². The van der Waals surface area contributed by atoms with Crippen molar-refractivity contribution in [3.8, 4) is 0 Å². The maximum Gasteiger partial charge on any atom is 0.270 e. The number of rotatable bonds is 2. The molecule has 0 atom stereocenters. The van der Waals surface area contributed by atoms with Crippen molar-refractivity contribution in [1.29, 1.82) is 0 Å². The topological polar surface area (TPSA) is 52.7 Å². The van der Waals surface area contributed by atoms with Gasteiger partial charge < -0.3 is 4.90 Å². The number of aryl methyl sites for hydroxylation is 2. The Balaban J connectivity index is 1.75. The van der Waals surface area contributed by atoms with Crippen molar-refractivity contribution in [2.75, 3.05) is 16.8 Å². The van der Waals surface area contributed by atoms with Gasteiger partial charge in [0.15, 0.2) is 5.11 Å². The molecule has 2 aromatic carbocycles. The van der Waals surface area contributed by atoms with E-state index in [1.54, 1.807) is 6.08 Å². The molecular formula is C26H27N3O2S. The molecule has 2 aliphatic rings. The van der Waals surface area contributed by atoms with E-state index in [0.29, 0.717) is 5.69 Å². The van der Waals surface area contributed by atoms with Gasteiger partial charge >= 0.3 is 0 Å². The number of allylic oxidation sites excluding steroid dienone is 1. The Labute approximate surface area is 194 Å². The summed E-state index contributed by atoms with van der Waals surface area (Å²) in [6.45, 7) is 10.4. The summed E-state index contributed by atoms with van der Waals surface area (Å²) in [6, 6.07) is 11.8. The van der Waals surface area contributed by atoms with E-state index in [9.17, 15) is 9.59 Å². The van der Waals surface area contributed by atoms with Crippen LogP contribution in [0.15, 0.2) is 48.0 Å². The molecule has 0 aliphatic carbocycles. The van der Waals surface area contributed by atoms with Crippen LogP contribution in [0, 0.1) is 13.8 Å². The number of fused-ring (bicyclic) bond motifs is 1. The number of anilines is 2. The smallest absolute Gasteiger partial charge is 0.270 e. The van der Waals surface area contributed by atoms with Gasteiger partial charge in [0.25, 0.3) is 11.8 Å². The van der Waals surface area contributed by atoms with Crippen LogP contribution < -0.4 is 15.1 Å². The summed E-state index contributed by atoms with van der Waals surface area (Å²) in [7, 11) is 2.07. The summed E-state index contributed by atoms with van der Waals surface area (Å²) in [5.74, 6) is -0.907. The highest BCUT2D eigenvalue weighted by molar-refractivity contribution is 7.80. The standard InChI is InChI=1S/C26H27N3O2S/c1-15-9-16(2)11-19(10-15)29-24(31)21(23(30)27-25(29)32)13-18-7-8-22-20(12-18)17(3)14-26(4,5)28(22)6/h7-14H,1-6H3,(H,27,30,32)/b21-13+. The Morgan fingerprint density at radius 3 is 2.31 bits per heavy atom. The van der Waals surface area contributed by atoms with Gasteiger partial charge in [-0.25, -0.2) is 0 Å². The highest BCUT2D eigenvalue weighted by atomic mass is 32.1. The molecular weight excluding hydrogens is 418 g/mol. The summed E-state index contributed by atoms with van der Waals surface area (Å²) < 4.78 is 0. The van der Waals surface area contributed by atoms with Crippen molar-refractivity contribution in [1.82, 2.24) is 5.32 Å². The Kier molecular flexibility index (Phi) is 5.29. The van der Waals surface area contributed by atoms with Crippen LogP contribution in [0.4, 0.5) is 11.4 Å². The molecule has 0 saturated carbocycles. The first-order valence-corrected chi connectivity index (χ1v) is 11.0. The van der Waals surface area contributed by atoms with Crippen molar-refractivity contribution >= 4 is 52.2 Å². The van der Waals surface area contributed by atoms with Crippen molar-refractivity contribution < 1.29 is 9.59 Å². The van der Waals surface area contributed by atoms with Crippen LogP contribution in [0.2, 0.25) is 0 Å². The zero-order chi connectivity index (χ0) is 23.4. The number of amides is 2. The number of thiocarbonyl (C=S) groups is 1. The molecule has 6 heteroatoms. The van der Waals surface area contributed by atoms with Gasteiger partial charge in [0.05, 0.1) is 11.2 Å². The maximum absolute atomic E-state index is 13.4. The number of benzene rings is 2. The van der Waals surface area contributed by atoms with Crippen molar-refractivity contribution in [3.05, 3.63) is 70.3 Å². The van der Waals surface area contributed by atoms with E-state index in [2.05, 4.69) is 44.1 Å². The third kappa shape index (κ3) is 3.75. The Morgan fingerprint density at radius 1 is 1.00 bits per heavy atom. The van der Waals surface area contributed by atoms with E-state index in [1.807, 2.05) is 50.2 Å². The lowest BCUT2D eigenvalue weighted by atomic mass is 9.88. The molecule has 164 valence electrons. The van der Waals surface area contributed by atoms with Crippen molar-refractivity contribution in [2.24, 2.45) is 0 Å². The second-order valence-corrected chi connectivity index (χ2v) is 9.51. The highest BCUT2D eigenvalue weighted by Gasteiger charge is 2.35. The summed E-state index contributed by atoms with van der Waals surface area (Å²) in [4.78, 5) is 29.7. The van der Waals surface area contributed by atoms with Gasteiger partial charge in [0, 0.05) is 18.3 Å². The van der Waals surface area contributed by atoms with E-state index < -0.39 is 11.8 Å². The summed E-state index contributed by atoms with van der Waals surface area (Å²) >= 11 is 5.33.